The second kappa shape index (κ2) is 11.6. The van der Waals surface area contributed by atoms with Crippen molar-refractivity contribution in [3.63, 3.8) is 0 Å². The van der Waals surface area contributed by atoms with Crippen LogP contribution in [0.5, 0.6) is 11.5 Å². The van der Waals surface area contributed by atoms with E-state index in [0.29, 0.717) is 39.9 Å². The number of nitriles is 1. The van der Waals surface area contributed by atoms with Crippen molar-refractivity contribution in [2.45, 2.75) is 32.3 Å². The number of nitrogens with zero attached hydrogens (tertiary/aromatic N) is 3. The topological polar surface area (TPSA) is 134 Å². The fourth-order valence-electron chi connectivity index (χ4n) is 3.46. The van der Waals surface area contributed by atoms with Gasteiger partial charge in [0.15, 0.2) is 5.75 Å². The van der Waals surface area contributed by atoms with E-state index in [4.69, 9.17) is 21.1 Å². The number of halogens is 1. The third kappa shape index (κ3) is 6.63. The molecule has 0 spiro atoms. The van der Waals surface area contributed by atoms with Crippen LogP contribution >= 0.6 is 11.6 Å². The van der Waals surface area contributed by atoms with E-state index in [-0.39, 0.29) is 19.2 Å². The van der Waals surface area contributed by atoms with Crippen LogP contribution in [-0.4, -0.2) is 43.0 Å². The van der Waals surface area contributed by atoms with Gasteiger partial charge < -0.3 is 14.6 Å². The molecule has 1 heterocycles. The van der Waals surface area contributed by atoms with Gasteiger partial charge in [0, 0.05) is 11.6 Å². The molecule has 0 aliphatic heterocycles. The van der Waals surface area contributed by atoms with E-state index in [0.717, 1.165) is 18.2 Å². The van der Waals surface area contributed by atoms with Gasteiger partial charge in [-0.05, 0) is 54.8 Å². The summed E-state index contributed by atoms with van der Waals surface area (Å²) in [6.07, 6.45) is 3.24. The average Bonchev–Trinajstić information content (AvgIpc) is 2.85. The Morgan fingerprint density at radius 1 is 1.17 bits per heavy atom. The van der Waals surface area contributed by atoms with E-state index >= 15 is 0 Å². The first-order valence-corrected chi connectivity index (χ1v) is 13.4. The number of aliphatic hydroxyl groups is 1. The molecule has 0 aliphatic rings. The van der Waals surface area contributed by atoms with Gasteiger partial charge in [-0.2, -0.15) is 5.26 Å². The Balaban J connectivity index is 1.80. The highest BCUT2D eigenvalue weighted by Gasteiger charge is 2.30. The lowest BCUT2D eigenvalue weighted by Gasteiger charge is -2.29. The van der Waals surface area contributed by atoms with E-state index in [2.05, 4.69) is 20.8 Å². The molecule has 0 aliphatic carbocycles. The van der Waals surface area contributed by atoms with Gasteiger partial charge in [0.2, 0.25) is 16.0 Å². The van der Waals surface area contributed by atoms with Crippen LogP contribution in [0.15, 0.2) is 48.7 Å². The minimum atomic E-state index is -3.49. The zero-order valence-electron chi connectivity index (χ0n) is 20.2. The van der Waals surface area contributed by atoms with Crippen LogP contribution < -0.4 is 14.2 Å². The van der Waals surface area contributed by atoms with Gasteiger partial charge in [-0.1, -0.05) is 30.7 Å². The van der Waals surface area contributed by atoms with Gasteiger partial charge in [0.05, 0.1) is 35.7 Å². The van der Waals surface area contributed by atoms with E-state index < -0.39 is 15.4 Å². The van der Waals surface area contributed by atoms with Crippen molar-refractivity contribution in [2.75, 3.05) is 24.2 Å². The summed E-state index contributed by atoms with van der Waals surface area (Å²) in [6.45, 7) is 4.14. The third-order valence-corrected chi connectivity index (χ3v) is 6.27. The van der Waals surface area contributed by atoms with E-state index in [1.807, 2.05) is 26.0 Å². The predicted octanol–water partition coefficient (Wildman–Crippen LogP) is 4.04. The van der Waals surface area contributed by atoms with Gasteiger partial charge in [-0.25, -0.2) is 18.4 Å². The van der Waals surface area contributed by atoms with Crippen LogP contribution in [0, 0.1) is 11.3 Å². The Morgan fingerprint density at radius 3 is 2.50 bits per heavy atom. The SMILES string of the molecule is CCCOc1c(Cl)cc(C(C)(CO)c2ccc(OCc3ccnc(NS(C)(=O)=O)n3)cc2)cc1C#N. The van der Waals surface area contributed by atoms with Crippen molar-refractivity contribution in [2.24, 2.45) is 0 Å². The van der Waals surface area contributed by atoms with Crippen LogP contribution in [-0.2, 0) is 22.0 Å². The summed E-state index contributed by atoms with van der Waals surface area (Å²) in [5, 5.41) is 20.3. The second-order valence-corrected chi connectivity index (χ2v) is 10.5. The van der Waals surface area contributed by atoms with Crippen LogP contribution in [0.1, 0.15) is 42.7 Å². The lowest BCUT2D eigenvalue weighted by Crippen LogP contribution is -2.28. The Morgan fingerprint density at radius 2 is 1.89 bits per heavy atom. The molecule has 0 saturated carbocycles. The summed E-state index contributed by atoms with van der Waals surface area (Å²) < 4.78 is 36.4. The minimum Gasteiger partial charge on any atom is -0.491 e. The number of aliphatic hydroxyl groups excluding tert-OH is 1. The van der Waals surface area contributed by atoms with E-state index in [1.165, 1.54) is 6.20 Å². The van der Waals surface area contributed by atoms with Crippen molar-refractivity contribution in [3.05, 3.63) is 76.1 Å². The molecular formula is C25H27ClN4O5S. The molecule has 1 unspecified atom stereocenters. The highest BCUT2D eigenvalue weighted by Crippen LogP contribution is 2.38. The monoisotopic (exact) mass is 530 g/mol. The van der Waals surface area contributed by atoms with Crippen LogP contribution in [0.3, 0.4) is 0 Å². The quantitative estimate of drug-likeness (QED) is 0.379. The van der Waals surface area contributed by atoms with Gasteiger partial charge in [-0.3, -0.25) is 4.72 Å². The van der Waals surface area contributed by atoms with Gasteiger partial charge in [-0.15, -0.1) is 0 Å². The Labute approximate surface area is 215 Å². The molecule has 0 fully saturated rings. The first-order chi connectivity index (χ1) is 17.1. The van der Waals surface area contributed by atoms with Crippen LogP contribution in [0.25, 0.3) is 0 Å². The zero-order valence-corrected chi connectivity index (χ0v) is 21.7. The highest BCUT2D eigenvalue weighted by molar-refractivity contribution is 7.91. The average molecular weight is 531 g/mol. The maximum Gasteiger partial charge on any atom is 0.236 e. The Hall–Kier alpha value is -3.39. The second-order valence-electron chi connectivity index (χ2n) is 8.34. The summed E-state index contributed by atoms with van der Waals surface area (Å²) in [4.78, 5) is 8.00. The van der Waals surface area contributed by atoms with Gasteiger partial charge in [0.1, 0.15) is 18.4 Å². The molecule has 9 nitrogen and oxygen atoms in total. The van der Waals surface area contributed by atoms with Crippen molar-refractivity contribution >= 4 is 27.6 Å². The van der Waals surface area contributed by atoms with Crippen molar-refractivity contribution in [3.8, 4) is 17.6 Å². The molecule has 1 aromatic heterocycles. The van der Waals surface area contributed by atoms with E-state index in [1.54, 1.807) is 30.3 Å². The first-order valence-electron chi connectivity index (χ1n) is 11.1. The Kier molecular flexibility index (Phi) is 8.74. The molecule has 11 heteroatoms. The van der Waals surface area contributed by atoms with Crippen molar-refractivity contribution in [1.29, 1.82) is 5.26 Å². The summed E-state index contributed by atoms with van der Waals surface area (Å²) >= 11 is 6.44. The smallest absolute Gasteiger partial charge is 0.236 e. The summed E-state index contributed by atoms with van der Waals surface area (Å²) in [6, 6.07) is 14.3. The first kappa shape index (κ1) is 27.2. The summed E-state index contributed by atoms with van der Waals surface area (Å²) in [7, 11) is -3.49. The normalized spacial score (nSPS) is 12.9. The molecule has 0 radical (unpaired) electrons. The maximum absolute atomic E-state index is 11.4. The van der Waals surface area contributed by atoms with Crippen molar-refractivity contribution < 1.29 is 23.0 Å². The molecule has 1 atom stereocenters. The molecule has 36 heavy (non-hydrogen) atoms. The largest absolute Gasteiger partial charge is 0.491 e. The number of ether oxygens (including phenoxy) is 2. The molecule has 2 N–H and O–H groups in total. The number of rotatable bonds is 11. The van der Waals surface area contributed by atoms with Gasteiger partial charge in [0.25, 0.3) is 0 Å². The fraction of sp³-hybridized carbons (Fsp3) is 0.320. The van der Waals surface area contributed by atoms with Crippen molar-refractivity contribution in [1.82, 2.24) is 9.97 Å². The predicted molar refractivity (Wildman–Crippen MR) is 137 cm³/mol. The number of nitrogens with one attached hydrogen (secondary N) is 1. The van der Waals surface area contributed by atoms with E-state index in [9.17, 15) is 18.8 Å². The minimum absolute atomic E-state index is 0.0332. The number of aromatic nitrogens is 2. The molecule has 3 rings (SSSR count). The number of benzene rings is 2. The molecular weight excluding hydrogens is 504 g/mol. The van der Waals surface area contributed by atoms with Crippen LogP contribution in [0.4, 0.5) is 5.95 Å². The number of sulfonamides is 1. The molecule has 0 bridgehead atoms. The zero-order chi connectivity index (χ0) is 26.3. The summed E-state index contributed by atoms with van der Waals surface area (Å²) in [5.74, 6) is 0.858. The maximum atomic E-state index is 11.4. The van der Waals surface area contributed by atoms with Crippen LogP contribution in [0.2, 0.25) is 5.02 Å². The van der Waals surface area contributed by atoms with Gasteiger partial charge >= 0.3 is 0 Å². The lowest BCUT2D eigenvalue weighted by molar-refractivity contribution is 0.231. The highest BCUT2D eigenvalue weighted by atomic mass is 35.5. The molecule has 0 saturated heterocycles. The molecule has 190 valence electrons. The lowest BCUT2D eigenvalue weighted by atomic mass is 9.76. The standard InChI is InChI=1S/C25H27ClN4O5S/c1-4-11-34-23-17(14-27)12-19(13-22(23)26)25(2,16-31)18-5-7-21(8-6-18)35-15-20-9-10-28-24(29-20)30-36(3,32)33/h5-10,12-13,31H,4,11,15-16H2,1-3H3,(H,28,29,30). The fourth-order valence-corrected chi connectivity index (χ4v) is 4.17. The number of hydrogen-bond acceptors (Lipinski definition) is 8. The number of hydrogen-bond donors (Lipinski definition) is 2. The third-order valence-electron chi connectivity index (χ3n) is 5.44. The molecule has 0 amide bonds. The number of anilines is 1. The molecule has 3 aromatic rings. The summed E-state index contributed by atoms with van der Waals surface area (Å²) in [5.41, 5.74) is 1.43. The Bertz CT molecular complexity index is 1360. The molecule has 2 aromatic carbocycles.